The molecule has 1 heterocycles. The van der Waals surface area contributed by atoms with E-state index in [1.807, 2.05) is 31.4 Å². The van der Waals surface area contributed by atoms with Crippen molar-refractivity contribution in [3.8, 4) is 0 Å². The van der Waals surface area contributed by atoms with E-state index < -0.39 is 17.5 Å². The van der Waals surface area contributed by atoms with Crippen LogP contribution < -0.4 is 11.1 Å². The summed E-state index contributed by atoms with van der Waals surface area (Å²) in [5.41, 5.74) is 6.98. The second-order valence-electron chi connectivity index (χ2n) is 8.29. The van der Waals surface area contributed by atoms with Crippen molar-refractivity contribution in [3.63, 3.8) is 0 Å². The minimum absolute atomic E-state index is 0.129. The number of alkyl carbamates (subject to hydrolysis) is 1. The fraction of sp³-hybridized carbons (Fsp3) is 0.526. The molecule has 1 amide bonds. The lowest BCUT2D eigenvalue weighted by Gasteiger charge is -2.23. The summed E-state index contributed by atoms with van der Waals surface area (Å²) in [6, 6.07) is 5.13. The van der Waals surface area contributed by atoms with Gasteiger partial charge >= 0.3 is 6.09 Å². The molecular weight excluding hydrogens is 321 g/mol. The first-order valence-corrected chi connectivity index (χ1v) is 8.44. The quantitative estimate of drug-likeness (QED) is 0.817. The van der Waals surface area contributed by atoms with E-state index >= 15 is 0 Å². The zero-order valence-corrected chi connectivity index (χ0v) is 15.9. The van der Waals surface area contributed by atoms with Crippen LogP contribution in [0.3, 0.4) is 0 Å². The Morgan fingerprint density at radius 3 is 2.40 bits per heavy atom. The van der Waals surface area contributed by atoms with E-state index in [4.69, 9.17) is 10.5 Å². The fourth-order valence-corrected chi connectivity index (χ4v) is 2.75. The van der Waals surface area contributed by atoms with Crippen molar-refractivity contribution in [3.05, 3.63) is 29.7 Å². The van der Waals surface area contributed by atoms with Crippen LogP contribution in [0.2, 0.25) is 0 Å². The molecule has 0 atom stereocenters. The first kappa shape index (κ1) is 19.1. The topological polar surface area (TPSA) is 69.3 Å². The summed E-state index contributed by atoms with van der Waals surface area (Å²) in [6.07, 6.45) is -0.461. The first-order chi connectivity index (χ1) is 11.4. The SMILES string of the molecule is CC(C)(C)OC(=O)NCCn1c(C(C)(C)C)cc2cc(N)c(F)cc21. The van der Waals surface area contributed by atoms with E-state index in [-0.39, 0.29) is 11.1 Å². The third kappa shape index (κ3) is 4.65. The van der Waals surface area contributed by atoms with E-state index in [0.717, 1.165) is 16.6 Å². The van der Waals surface area contributed by atoms with Crippen LogP contribution in [-0.4, -0.2) is 22.8 Å². The number of fused-ring (bicyclic) bond motifs is 1. The molecule has 0 unspecified atom stereocenters. The highest BCUT2D eigenvalue weighted by Gasteiger charge is 2.22. The zero-order chi connectivity index (χ0) is 19.0. The van der Waals surface area contributed by atoms with Crippen LogP contribution in [0.15, 0.2) is 18.2 Å². The Labute approximate surface area is 148 Å². The van der Waals surface area contributed by atoms with Crippen LogP contribution in [0.25, 0.3) is 10.9 Å². The number of nitrogens with zero attached hydrogens (tertiary/aromatic N) is 1. The van der Waals surface area contributed by atoms with Crippen LogP contribution in [0.5, 0.6) is 0 Å². The summed E-state index contributed by atoms with van der Waals surface area (Å²) >= 11 is 0. The van der Waals surface area contributed by atoms with E-state index in [2.05, 4.69) is 26.1 Å². The molecule has 3 N–H and O–H groups in total. The minimum Gasteiger partial charge on any atom is -0.444 e. The van der Waals surface area contributed by atoms with Gasteiger partial charge in [0, 0.05) is 35.7 Å². The third-order valence-electron chi connectivity index (χ3n) is 3.79. The second-order valence-corrected chi connectivity index (χ2v) is 8.29. The lowest BCUT2D eigenvalue weighted by molar-refractivity contribution is 0.0526. The van der Waals surface area contributed by atoms with Gasteiger partial charge < -0.3 is 20.4 Å². The number of amides is 1. The van der Waals surface area contributed by atoms with Gasteiger partial charge in [0.05, 0.1) is 11.2 Å². The van der Waals surface area contributed by atoms with Crippen LogP contribution in [0.4, 0.5) is 14.9 Å². The molecule has 0 bridgehead atoms. The number of rotatable bonds is 3. The number of carbonyl (C=O) groups excluding carboxylic acids is 1. The van der Waals surface area contributed by atoms with Crippen molar-refractivity contribution in [2.24, 2.45) is 0 Å². The van der Waals surface area contributed by atoms with Crippen molar-refractivity contribution in [1.29, 1.82) is 0 Å². The molecule has 0 aliphatic rings. The van der Waals surface area contributed by atoms with E-state index in [1.165, 1.54) is 6.07 Å². The average Bonchev–Trinajstić information content (AvgIpc) is 2.75. The first-order valence-electron chi connectivity index (χ1n) is 8.44. The van der Waals surface area contributed by atoms with Crippen molar-refractivity contribution in [2.45, 2.75) is 59.1 Å². The maximum atomic E-state index is 13.9. The minimum atomic E-state index is -0.540. The van der Waals surface area contributed by atoms with Gasteiger partial charge in [-0.1, -0.05) is 20.8 Å². The second kappa shape index (κ2) is 6.58. The summed E-state index contributed by atoms with van der Waals surface area (Å²) in [5, 5.41) is 3.64. The molecule has 1 aromatic carbocycles. The molecule has 1 aromatic heterocycles. The molecule has 0 aliphatic heterocycles. The highest BCUT2D eigenvalue weighted by atomic mass is 19.1. The molecule has 6 heteroatoms. The molecule has 138 valence electrons. The number of carbonyl (C=O) groups is 1. The van der Waals surface area contributed by atoms with Gasteiger partial charge in [-0.05, 0) is 32.9 Å². The van der Waals surface area contributed by atoms with E-state index in [1.54, 1.807) is 6.07 Å². The Hall–Kier alpha value is -2.24. The van der Waals surface area contributed by atoms with Gasteiger partial charge in [0.25, 0.3) is 0 Å². The Bertz CT molecular complexity index is 783. The molecule has 0 saturated heterocycles. The van der Waals surface area contributed by atoms with Crippen LogP contribution in [-0.2, 0) is 16.7 Å². The van der Waals surface area contributed by atoms with Crippen LogP contribution in [0.1, 0.15) is 47.2 Å². The normalized spacial score (nSPS) is 12.4. The number of nitrogens with one attached hydrogen (secondary N) is 1. The molecule has 2 aromatic rings. The summed E-state index contributed by atoms with van der Waals surface area (Å²) < 4.78 is 21.2. The van der Waals surface area contributed by atoms with Gasteiger partial charge in [0.15, 0.2) is 0 Å². The predicted octanol–water partition coefficient (Wildman–Crippen LogP) is 4.18. The lowest BCUT2D eigenvalue weighted by atomic mass is 9.92. The smallest absolute Gasteiger partial charge is 0.407 e. The molecule has 0 spiro atoms. The monoisotopic (exact) mass is 349 g/mol. The highest BCUT2D eigenvalue weighted by Crippen LogP contribution is 2.31. The number of halogens is 1. The molecular formula is C19H28FN3O2. The van der Waals surface area contributed by atoms with Gasteiger partial charge in [-0.2, -0.15) is 0 Å². The highest BCUT2D eigenvalue weighted by molar-refractivity contribution is 5.85. The number of anilines is 1. The van der Waals surface area contributed by atoms with Crippen molar-refractivity contribution in [1.82, 2.24) is 9.88 Å². The number of hydrogen-bond acceptors (Lipinski definition) is 3. The molecule has 25 heavy (non-hydrogen) atoms. The van der Waals surface area contributed by atoms with Crippen LogP contribution >= 0.6 is 0 Å². The lowest BCUT2D eigenvalue weighted by Crippen LogP contribution is -2.34. The molecule has 0 aliphatic carbocycles. The maximum absolute atomic E-state index is 13.9. The van der Waals surface area contributed by atoms with Crippen molar-refractivity contribution < 1.29 is 13.9 Å². The van der Waals surface area contributed by atoms with Gasteiger partial charge in [-0.3, -0.25) is 0 Å². The van der Waals surface area contributed by atoms with Gasteiger partial charge in [-0.25, -0.2) is 9.18 Å². The Balaban J connectivity index is 2.26. The fourth-order valence-electron chi connectivity index (χ4n) is 2.75. The number of nitrogens with two attached hydrogens (primary N) is 1. The van der Waals surface area contributed by atoms with Gasteiger partial charge in [0.2, 0.25) is 0 Å². The maximum Gasteiger partial charge on any atom is 0.407 e. The molecule has 0 radical (unpaired) electrons. The number of ether oxygens (including phenoxy) is 1. The van der Waals surface area contributed by atoms with Crippen molar-refractivity contribution >= 4 is 22.7 Å². The Kier molecular flexibility index (Phi) is 5.02. The standard InChI is InChI=1S/C19H28FN3O2/c1-18(2,3)16-10-12-9-14(21)13(20)11-15(12)23(16)8-7-22-17(24)25-19(4,5)6/h9-11H,7-8,21H2,1-6H3,(H,22,24). The van der Waals surface area contributed by atoms with E-state index in [9.17, 15) is 9.18 Å². The number of nitrogen functional groups attached to an aromatic ring is 1. The summed E-state index contributed by atoms with van der Waals surface area (Å²) in [5.74, 6) is -0.438. The Morgan fingerprint density at radius 2 is 1.84 bits per heavy atom. The van der Waals surface area contributed by atoms with Crippen LogP contribution in [0, 0.1) is 5.82 Å². The molecule has 5 nitrogen and oxygen atoms in total. The summed E-state index contributed by atoms with van der Waals surface area (Å²) in [6.45, 7) is 12.6. The third-order valence-corrected chi connectivity index (χ3v) is 3.79. The molecule has 0 fully saturated rings. The largest absolute Gasteiger partial charge is 0.444 e. The van der Waals surface area contributed by atoms with Gasteiger partial charge in [0.1, 0.15) is 11.4 Å². The zero-order valence-electron chi connectivity index (χ0n) is 15.9. The summed E-state index contributed by atoms with van der Waals surface area (Å²) in [7, 11) is 0. The van der Waals surface area contributed by atoms with Crippen molar-refractivity contribution in [2.75, 3.05) is 12.3 Å². The number of benzene rings is 1. The Morgan fingerprint density at radius 1 is 1.20 bits per heavy atom. The number of aromatic nitrogens is 1. The number of hydrogen-bond donors (Lipinski definition) is 2. The molecule has 2 rings (SSSR count). The predicted molar refractivity (Wildman–Crippen MR) is 99.2 cm³/mol. The summed E-state index contributed by atoms with van der Waals surface area (Å²) in [4.78, 5) is 11.8. The average molecular weight is 349 g/mol. The van der Waals surface area contributed by atoms with Gasteiger partial charge in [-0.15, -0.1) is 0 Å². The molecule has 0 saturated carbocycles. The van der Waals surface area contributed by atoms with E-state index in [0.29, 0.717) is 13.1 Å².